The van der Waals surface area contributed by atoms with Gasteiger partial charge in [0.2, 0.25) is 0 Å². The quantitative estimate of drug-likeness (QED) is 0.473. The Morgan fingerprint density at radius 3 is 2.73 bits per heavy atom. The van der Waals surface area contributed by atoms with Gasteiger partial charge in [-0.15, -0.1) is 0 Å². The molecule has 0 bridgehead atoms. The van der Waals surface area contributed by atoms with E-state index in [-0.39, 0.29) is 0 Å². The summed E-state index contributed by atoms with van der Waals surface area (Å²) in [6.07, 6.45) is 0.663. The number of carbonyl (C=O) groups is 1. The molecule has 1 aromatic rings. The van der Waals surface area contributed by atoms with Gasteiger partial charge in [-0.25, -0.2) is 0 Å². The van der Waals surface area contributed by atoms with Crippen LogP contribution >= 0.6 is 0 Å². The third-order valence-electron chi connectivity index (χ3n) is 1.34. The van der Waals surface area contributed by atoms with Gasteiger partial charge in [0, 0.05) is 11.3 Å². The molecule has 0 spiro atoms. The van der Waals surface area contributed by atoms with E-state index in [4.69, 9.17) is 11.0 Å². The molecular formula is C8H6N2O. The van der Waals surface area contributed by atoms with E-state index in [1.807, 2.05) is 6.07 Å². The van der Waals surface area contributed by atoms with Crippen LogP contribution in [0, 0.1) is 11.3 Å². The molecule has 0 aliphatic rings. The van der Waals surface area contributed by atoms with Gasteiger partial charge in [0.1, 0.15) is 0 Å². The monoisotopic (exact) mass is 146 g/mol. The molecule has 0 aromatic heterocycles. The Labute approximate surface area is 64.1 Å². The van der Waals surface area contributed by atoms with Crippen LogP contribution < -0.4 is 5.73 Å². The highest BCUT2D eigenvalue weighted by atomic mass is 16.1. The Morgan fingerprint density at radius 1 is 1.55 bits per heavy atom. The number of nitrogen functional groups attached to an aromatic ring is 1. The molecule has 11 heavy (non-hydrogen) atoms. The molecule has 0 unspecified atom stereocenters. The van der Waals surface area contributed by atoms with Crippen molar-refractivity contribution in [2.24, 2.45) is 0 Å². The van der Waals surface area contributed by atoms with Crippen LogP contribution in [-0.2, 0) is 0 Å². The van der Waals surface area contributed by atoms with Gasteiger partial charge in [0.15, 0.2) is 6.29 Å². The second kappa shape index (κ2) is 2.84. The number of nitrogens with zero attached hydrogens (tertiary/aromatic N) is 1. The van der Waals surface area contributed by atoms with Crippen LogP contribution in [0.5, 0.6) is 0 Å². The first kappa shape index (κ1) is 7.29. The first-order valence-corrected chi connectivity index (χ1v) is 3.02. The highest BCUT2D eigenvalue weighted by Gasteiger charge is 1.97. The fraction of sp³-hybridized carbons (Fsp3) is 0. The molecular weight excluding hydrogens is 140 g/mol. The lowest BCUT2D eigenvalue weighted by atomic mass is 10.1. The van der Waals surface area contributed by atoms with Gasteiger partial charge in [-0.05, 0) is 18.2 Å². The van der Waals surface area contributed by atoms with E-state index in [1.165, 1.54) is 12.1 Å². The van der Waals surface area contributed by atoms with Gasteiger partial charge in [-0.3, -0.25) is 4.79 Å². The Kier molecular flexibility index (Phi) is 1.88. The molecule has 0 fully saturated rings. The van der Waals surface area contributed by atoms with Crippen LogP contribution in [0.2, 0.25) is 0 Å². The van der Waals surface area contributed by atoms with Crippen molar-refractivity contribution in [3.63, 3.8) is 0 Å². The molecule has 0 amide bonds. The van der Waals surface area contributed by atoms with Crippen molar-refractivity contribution in [3.05, 3.63) is 29.3 Å². The molecule has 0 saturated carbocycles. The van der Waals surface area contributed by atoms with E-state index in [0.717, 1.165) is 0 Å². The maximum atomic E-state index is 10.3. The van der Waals surface area contributed by atoms with Crippen LogP contribution in [0.1, 0.15) is 15.9 Å². The molecule has 54 valence electrons. The molecule has 0 aliphatic heterocycles. The average molecular weight is 146 g/mol. The molecule has 0 radical (unpaired) electrons. The van der Waals surface area contributed by atoms with Crippen molar-refractivity contribution in [2.45, 2.75) is 0 Å². The zero-order valence-corrected chi connectivity index (χ0v) is 5.74. The topological polar surface area (TPSA) is 66.9 Å². The van der Waals surface area contributed by atoms with E-state index >= 15 is 0 Å². The summed E-state index contributed by atoms with van der Waals surface area (Å²) in [7, 11) is 0. The fourth-order valence-corrected chi connectivity index (χ4v) is 0.752. The molecule has 3 heteroatoms. The second-order valence-electron chi connectivity index (χ2n) is 2.07. The number of benzene rings is 1. The number of nitriles is 1. The predicted molar refractivity (Wildman–Crippen MR) is 41.0 cm³/mol. The lowest BCUT2D eigenvalue weighted by molar-refractivity contribution is 0.112. The van der Waals surface area contributed by atoms with Crippen molar-refractivity contribution < 1.29 is 4.79 Å². The van der Waals surface area contributed by atoms with E-state index in [9.17, 15) is 4.79 Å². The van der Waals surface area contributed by atoms with Crippen LogP contribution in [0.3, 0.4) is 0 Å². The van der Waals surface area contributed by atoms with E-state index in [0.29, 0.717) is 23.1 Å². The smallest absolute Gasteiger partial charge is 0.152 e. The fourth-order valence-electron chi connectivity index (χ4n) is 0.752. The third-order valence-corrected chi connectivity index (χ3v) is 1.34. The highest BCUT2D eigenvalue weighted by molar-refractivity contribution is 5.83. The van der Waals surface area contributed by atoms with E-state index in [2.05, 4.69) is 0 Å². The second-order valence-corrected chi connectivity index (χ2v) is 2.07. The van der Waals surface area contributed by atoms with Crippen LogP contribution in [0.15, 0.2) is 18.2 Å². The maximum absolute atomic E-state index is 10.3. The minimum atomic E-state index is 0.346. The number of anilines is 1. The van der Waals surface area contributed by atoms with Gasteiger partial charge in [0.05, 0.1) is 11.6 Å². The number of rotatable bonds is 1. The van der Waals surface area contributed by atoms with Crippen molar-refractivity contribution in [3.8, 4) is 6.07 Å². The molecule has 0 aliphatic carbocycles. The number of carbonyl (C=O) groups excluding carboxylic acids is 1. The summed E-state index contributed by atoms with van der Waals surface area (Å²) in [4.78, 5) is 10.3. The number of hydrogen-bond donors (Lipinski definition) is 1. The van der Waals surface area contributed by atoms with Crippen molar-refractivity contribution in [2.75, 3.05) is 5.73 Å². The summed E-state index contributed by atoms with van der Waals surface area (Å²) in [5.41, 5.74) is 6.66. The summed E-state index contributed by atoms with van der Waals surface area (Å²) >= 11 is 0. The van der Waals surface area contributed by atoms with E-state index in [1.54, 1.807) is 6.07 Å². The van der Waals surface area contributed by atoms with Gasteiger partial charge >= 0.3 is 0 Å². The standard InChI is InChI=1S/C8H6N2O/c9-4-6-1-2-7(5-11)8(10)3-6/h1-3,5H,10H2. The summed E-state index contributed by atoms with van der Waals surface area (Å²) in [6.45, 7) is 0. The molecule has 3 nitrogen and oxygen atoms in total. The summed E-state index contributed by atoms with van der Waals surface area (Å²) in [5.74, 6) is 0. The largest absolute Gasteiger partial charge is 0.398 e. The van der Waals surface area contributed by atoms with Gasteiger partial charge in [-0.2, -0.15) is 5.26 Å². The van der Waals surface area contributed by atoms with E-state index < -0.39 is 0 Å². The first-order valence-electron chi connectivity index (χ1n) is 3.02. The predicted octanol–water partition coefficient (Wildman–Crippen LogP) is 0.953. The van der Waals surface area contributed by atoms with Crippen molar-refractivity contribution >= 4 is 12.0 Å². The van der Waals surface area contributed by atoms with Gasteiger partial charge in [-0.1, -0.05) is 0 Å². The Hall–Kier alpha value is -1.82. The zero-order valence-electron chi connectivity index (χ0n) is 5.74. The summed E-state index contributed by atoms with van der Waals surface area (Å²) in [5, 5.41) is 8.43. The van der Waals surface area contributed by atoms with Crippen molar-refractivity contribution in [1.82, 2.24) is 0 Å². The molecule has 2 N–H and O–H groups in total. The zero-order chi connectivity index (χ0) is 8.27. The minimum Gasteiger partial charge on any atom is -0.398 e. The lowest BCUT2D eigenvalue weighted by Crippen LogP contribution is -1.92. The Bertz CT molecular complexity index is 325. The van der Waals surface area contributed by atoms with Crippen molar-refractivity contribution in [1.29, 1.82) is 5.26 Å². The highest BCUT2D eigenvalue weighted by Crippen LogP contribution is 2.10. The summed E-state index contributed by atoms with van der Waals surface area (Å²) < 4.78 is 0. The first-order chi connectivity index (χ1) is 5.27. The number of aldehydes is 1. The normalized spacial score (nSPS) is 8.64. The van der Waals surface area contributed by atoms with Gasteiger partial charge < -0.3 is 5.73 Å². The SMILES string of the molecule is N#Cc1ccc(C=O)c(N)c1. The van der Waals surface area contributed by atoms with Crippen LogP contribution in [-0.4, -0.2) is 6.29 Å². The van der Waals surface area contributed by atoms with Crippen LogP contribution in [0.25, 0.3) is 0 Å². The Balaban J connectivity index is 3.22. The number of nitrogens with two attached hydrogens (primary N) is 1. The lowest BCUT2D eigenvalue weighted by Gasteiger charge is -1.96. The average Bonchev–Trinajstić information content (AvgIpc) is 2.04. The molecule has 1 rings (SSSR count). The summed E-state index contributed by atoms with van der Waals surface area (Å²) in [6, 6.07) is 6.48. The molecule has 0 heterocycles. The molecule has 0 saturated heterocycles. The maximum Gasteiger partial charge on any atom is 0.152 e. The molecule has 0 atom stereocenters. The Morgan fingerprint density at radius 2 is 2.27 bits per heavy atom. The van der Waals surface area contributed by atoms with Gasteiger partial charge in [0.25, 0.3) is 0 Å². The van der Waals surface area contributed by atoms with Crippen LogP contribution in [0.4, 0.5) is 5.69 Å². The molecule has 1 aromatic carbocycles. The number of hydrogen-bond acceptors (Lipinski definition) is 3. The minimum absolute atomic E-state index is 0.346. The third kappa shape index (κ3) is 1.36.